The summed E-state index contributed by atoms with van der Waals surface area (Å²) in [7, 11) is -3.57. The predicted octanol–water partition coefficient (Wildman–Crippen LogP) is 3.30. The van der Waals surface area contributed by atoms with Crippen molar-refractivity contribution < 1.29 is 17.6 Å². The van der Waals surface area contributed by atoms with Crippen LogP contribution < -0.4 is 11.1 Å². The first-order chi connectivity index (χ1) is 13.9. The summed E-state index contributed by atoms with van der Waals surface area (Å²) in [5.41, 5.74) is 5.40. The first kappa shape index (κ1) is 22.2. The van der Waals surface area contributed by atoms with Crippen LogP contribution in [-0.2, 0) is 15.4 Å². The highest BCUT2D eigenvalue weighted by Gasteiger charge is 2.45. The van der Waals surface area contributed by atoms with E-state index in [1.165, 1.54) is 50.4 Å². The number of nitrogens with zero attached hydrogens (tertiary/aromatic N) is 2. The molecule has 0 saturated carbocycles. The number of nitrogens with one attached hydrogen (secondary N) is 1. The molecule has 0 saturated heterocycles. The van der Waals surface area contributed by atoms with Crippen molar-refractivity contribution in [1.29, 1.82) is 0 Å². The van der Waals surface area contributed by atoms with Crippen molar-refractivity contribution in [2.24, 2.45) is 10.7 Å². The van der Waals surface area contributed by atoms with Crippen molar-refractivity contribution in [3.05, 3.63) is 58.6 Å². The Labute approximate surface area is 179 Å². The molecule has 1 amide bonds. The molecule has 3 rings (SSSR count). The van der Waals surface area contributed by atoms with Crippen LogP contribution in [0.4, 0.5) is 10.1 Å². The molecule has 2 aromatic rings. The van der Waals surface area contributed by atoms with Crippen molar-refractivity contribution in [3.63, 3.8) is 0 Å². The summed E-state index contributed by atoms with van der Waals surface area (Å²) in [4.78, 5) is 20.8. The fraction of sp³-hybridized carbons (Fsp3) is 0.350. The van der Waals surface area contributed by atoms with Crippen molar-refractivity contribution in [1.82, 2.24) is 4.98 Å². The number of sulfone groups is 1. The van der Waals surface area contributed by atoms with Crippen LogP contribution in [0.25, 0.3) is 0 Å². The van der Waals surface area contributed by atoms with E-state index in [0.29, 0.717) is 10.7 Å². The van der Waals surface area contributed by atoms with Gasteiger partial charge in [0.1, 0.15) is 22.1 Å². The van der Waals surface area contributed by atoms with E-state index in [1.54, 1.807) is 6.92 Å². The number of carbonyl (C=O) groups excluding carboxylic acids is 1. The fourth-order valence-electron chi connectivity index (χ4n) is 3.12. The van der Waals surface area contributed by atoms with Gasteiger partial charge in [-0.05, 0) is 57.5 Å². The van der Waals surface area contributed by atoms with Gasteiger partial charge in [0.2, 0.25) is 0 Å². The molecule has 2 heterocycles. The average Bonchev–Trinajstić information content (AvgIpc) is 2.73. The van der Waals surface area contributed by atoms with E-state index < -0.39 is 31.8 Å². The van der Waals surface area contributed by atoms with Crippen molar-refractivity contribution >= 4 is 38.9 Å². The second kappa shape index (κ2) is 7.63. The summed E-state index contributed by atoms with van der Waals surface area (Å²) in [5, 5.41) is 3.05. The van der Waals surface area contributed by atoms with Gasteiger partial charge in [0, 0.05) is 17.4 Å². The molecular formula is C20H22ClFN4O3S. The first-order valence-corrected chi connectivity index (χ1v) is 11.2. The highest BCUT2D eigenvalue weighted by molar-refractivity contribution is 7.93. The van der Waals surface area contributed by atoms with Crippen molar-refractivity contribution in [2.75, 3.05) is 11.1 Å². The highest BCUT2D eigenvalue weighted by atomic mass is 35.5. The molecule has 3 N–H and O–H groups in total. The van der Waals surface area contributed by atoms with Crippen LogP contribution in [0, 0.1) is 5.82 Å². The molecule has 0 spiro atoms. The van der Waals surface area contributed by atoms with E-state index >= 15 is 0 Å². The highest BCUT2D eigenvalue weighted by Crippen LogP contribution is 2.38. The Kier molecular flexibility index (Phi) is 5.64. The minimum absolute atomic E-state index is 0.0481. The number of anilines is 1. The summed E-state index contributed by atoms with van der Waals surface area (Å²) in [6.45, 7) is 4.60. The largest absolute Gasteiger partial charge is 0.386 e. The smallest absolute Gasteiger partial charge is 0.274 e. The first-order valence-electron chi connectivity index (χ1n) is 9.17. The molecule has 7 nitrogen and oxygen atoms in total. The van der Waals surface area contributed by atoms with E-state index in [1.807, 2.05) is 0 Å². The Balaban J connectivity index is 1.98. The van der Waals surface area contributed by atoms with Gasteiger partial charge in [-0.1, -0.05) is 11.6 Å². The van der Waals surface area contributed by atoms with E-state index in [-0.39, 0.29) is 29.3 Å². The van der Waals surface area contributed by atoms with Crippen LogP contribution >= 0.6 is 11.6 Å². The monoisotopic (exact) mass is 452 g/mol. The molecule has 0 unspecified atom stereocenters. The van der Waals surface area contributed by atoms with Gasteiger partial charge >= 0.3 is 0 Å². The van der Waals surface area contributed by atoms with E-state index in [9.17, 15) is 17.6 Å². The Morgan fingerprint density at radius 3 is 2.57 bits per heavy atom. The molecule has 1 aliphatic rings. The molecule has 1 aliphatic heterocycles. The molecule has 0 fully saturated rings. The Bertz CT molecular complexity index is 1130. The number of aliphatic imine (C=N–C) groups is 1. The van der Waals surface area contributed by atoms with E-state index in [0.717, 1.165) is 0 Å². The van der Waals surface area contributed by atoms with Gasteiger partial charge in [0.25, 0.3) is 5.91 Å². The third-order valence-corrected chi connectivity index (χ3v) is 8.11. The zero-order chi connectivity index (χ0) is 22.3. The second-order valence-electron chi connectivity index (χ2n) is 7.86. The molecule has 160 valence electrons. The molecule has 0 radical (unpaired) electrons. The minimum atomic E-state index is -3.57. The normalized spacial score (nSPS) is 22.6. The summed E-state index contributed by atoms with van der Waals surface area (Å²) in [6, 6.07) is 7.03. The standard InChI is InChI=1S/C20H22ClFN4O3S/c1-19(2)18(23)26-20(3,8-9-30(19,28)29)14-10-13(5-6-15(14)22)25-17(27)16-7-4-12(21)11-24-16/h4-7,10-11H,8-9H2,1-3H3,(H2,23,26)(H,25,27)/t20-/m0/s1. The third-order valence-electron chi connectivity index (χ3n) is 5.38. The number of hydrogen-bond acceptors (Lipinski definition) is 6. The zero-order valence-electron chi connectivity index (χ0n) is 16.7. The number of carbonyl (C=O) groups is 1. The lowest BCUT2D eigenvalue weighted by molar-refractivity contribution is 0.102. The van der Waals surface area contributed by atoms with Crippen LogP contribution in [-0.4, -0.2) is 35.6 Å². The number of nitrogens with two attached hydrogens (primary N) is 1. The van der Waals surface area contributed by atoms with Gasteiger partial charge in [0.15, 0.2) is 9.84 Å². The van der Waals surface area contributed by atoms with Crippen molar-refractivity contribution in [2.45, 2.75) is 37.5 Å². The zero-order valence-corrected chi connectivity index (χ0v) is 18.3. The molecule has 1 aromatic heterocycles. The topological polar surface area (TPSA) is 115 Å². The molecule has 0 bridgehead atoms. The maximum Gasteiger partial charge on any atom is 0.274 e. The average molecular weight is 453 g/mol. The molecule has 1 atom stereocenters. The lowest BCUT2D eigenvalue weighted by Gasteiger charge is -2.26. The number of amidine groups is 1. The Hall–Kier alpha value is -2.52. The molecular weight excluding hydrogens is 431 g/mol. The minimum Gasteiger partial charge on any atom is -0.386 e. The number of amides is 1. The van der Waals surface area contributed by atoms with Gasteiger partial charge in [-0.25, -0.2) is 17.8 Å². The van der Waals surface area contributed by atoms with Crippen LogP contribution in [0.3, 0.4) is 0 Å². The molecule has 1 aromatic carbocycles. The lowest BCUT2D eigenvalue weighted by atomic mass is 9.88. The third kappa shape index (κ3) is 4.04. The maximum atomic E-state index is 14.7. The number of aromatic nitrogens is 1. The molecule has 0 aliphatic carbocycles. The van der Waals surface area contributed by atoms with Crippen LogP contribution in [0.5, 0.6) is 0 Å². The summed E-state index contributed by atoms with van der Waals surface area (Å²) >= 11 is 5.78. The van der Waals surface area contributed by atoms with Crippen molar-refractivity contribution in [3.8, 4) is 0 Å². The maximum absolute atomic E-state index is 14.7. The van der Waals surface area contributed by atoms with Gasteiger partial charge in [-0.2, -0.15) is 0 Å². The fourth-order valence-corrected chi connectivity index (χ4v) is 4.77. The predicted molar refractivity (Wildman–Crippen MR) is 115 cm³/mol. The molecule has 10 heteroatoms. The summed E-state index contributed by atoms with van der Waals surface area (Å²) in [5.74, 6) is -1.36. The number of hydrogen-bond donors (Lipinski definition) is 2. The number of pyridine rings is 1. The van der Waals surface area contributed by atoms with Crippen LogP contribution in [0.1, 0.15) is 43.2 Å². The van der Waals surface area contributed by atoms with E-state index in [2.05, 4.69) is 15.3 Å². The quantitative estimate of drug-likeness (QED) is 0.741. The SMILES string of the molecule is CC1(C)C(N)=N[C@](C)(c2cc(NC(=O)c3ccc(Cl)cn3)ccc2F)CCS1(=O)=O. The number of rotatable bonds is 3. The van der Waals surface area contributed by atoms with E-state index in [4.69, 9.17) is 17.3 Å². The lowest BCUT2D eigenvalue weighted by Crippen LogP contribution is -2.45. The van der Waals surface area contributed by atoms with Gasteiger partial charge in [-0.3, -0.25) is 9.79 Å². The second-order valence-corrected chi connectivity index (χ2v) is 11.0. The van der Waals surface area contributed by atoms with Crippen LogP contribution in [0.2, 0.25) is 5.02 Å². The number of halogens is 2. The van der Waals surface area contributed by atoms with Gasteiger partial charge < -0.3 is 11.1 Å². The Morgan fingerprint density at radius 1 is 1.23 bits per heavy atom. The summed E-state index contributed by atoms with van der Waals surface area (Å²) in [6.07, 6.45) is 1.39. The van der Waals surface area contributed by atoms with Gasteiger partial charge in [0.05, 0.1) is 16.3 Å². The molecule has 30 heavy (non-hydrogen) atoms. The van der Waals surface area contributed by atoms with Crippen LogP contribution in [0.15, 0.2) is 41.5 Å². The Morgan fingerprint density at radius 2 is 1.93 bits per heavy atom. The number of benzene rings is 1. The van der Waals surface area contributed by atoms with Gasteiger partial charge in [-0.15, -0.1) is 0 Å². The summed E-state index contributed by atoms with van der Waals surface area (Å²) < 4.78 is 38.6.